The second-order valence-corrected chi connectivity index (χ2v) is 3.51. The number of aliphatic carboxylic acids is 1. The summed E-state index contributed by atoms with van der Waals surface area (Å²) in [7, 11) is 0. The van der Waals surface area contributed by atoms with Crippen molar-refractivity contribution in [2.45, 2.75) is 18.6 Å². The number of carboxylic acids is 1. The van der Waals surface area contributed by atoms with Gasteiger partial charge in [-0.1, -0.05) is 6.07 Å². The van der Waals surface area contributed by atoms with E-state index in [0.29, 0.717) is 6.42 Å². The zero-order valence-electron chi connectivity index (χ0n) is 7.27. The van der Waals surface area contributed by atoms with Gasteiger partial charge in [-0.05, 0) is 18.6 Å². The summed E-state index contributed by atoms with van der Waals surface area (Å²) >= 11 is 3.92. The van der Waals surface area contributed by atoms with Gasteiger partial charge in [-0.3, -0.25) is 9.78 Å². The molecule has 70 valence electrons. The Hall–Kier alpha value is -1.03. The van der Waals surface area contributed by atoms with Crippen LogP contribution in [0.25, 0.3) is 0 Å². The van der Waals surface area contributed by atoms with Gasteiger partial charge in [0.05, 0.1) is 0 Å². The molecule has 3 nitrogen and oxygen atoms in total. The monoisotopic (exact) mass is 197 g/mol. The van der Waals surface area contributed by atoms with Crippen LogP contribution >= 0.6 is 12.6 Å². The summed E-state index contributed by atoms with van der Waals surface area (Å²) in [5.41, 5.74) is 1.82. The molecule has 0 aliphatic carbocycles. The Balaban J connectivity index is 2.64. The number of aryl methyl sites for hydroxylation is 1. The molecule has 0 aliphatic heterocycles. The number of pyridine rings is 1. The van der Waals surface area contributed by atoms with Crippen molar-refractivity contribution in [1.82, 2.24) is 4.98 Å². The Morgan fingerprint density at radius 3 is 2.85 bits per heavy atom. The van der Waals surface area contributed by atoms with E-state index in [1.54, 1.807) is 6.20 Å². The van der Waals surface area contributed by atoms with Crippen molar-refractivity contribution in [1.29, 1.82) is 0 Å². The van der Waals surface area contributed by atoms with Crippen LogP contribution in [-0.4, -0.2) is 21.3 Å². The lowest BCUT2D eigenvalue weighted by Gasteiger charge is -2.04. The van der Waals surface area contributed by atoms with Gasteiger partial charge in [0.2, 0.25) is 0 Å². The lowest BCUT2D eigenvalue weighted by molar-refractivity contribution is -0.136. The van der Waals surface area contributed by atoms with Crippen molar-refractivity contribution in [2.75, 3.05) is 0 Å². The average Bonchev–Trinajstić information content (AvgIpc) is 2.08. The molecule has 0 aliphatic rings. The third-order valence-electron chi connectivity index (χ3n) is 1.66. The molecular formula is C9H11NO2S. The fourth-order valence-electron chi connectivity index (χ4n) is 0.905. The van der Waals surface area contributed by atoms with Crippen LogP contribution in [0.5, 0.6) is 0 Å². The topological polar surface area (TPSA) is 50.2 Å². The highest BCUT2D eigenvalue weighted by atomic mass is 32.1. The highest BCUT2D eigenvalue weighted by Crippen LogP contribution is 2.06. The molecule has 0 fully saturated rings. The number of hydrogen-bond acceptors (Lipinski definition) is 3. The van der Waals surface area contributed by atoms with E-state index in [1.807, 2.05) is 19.1 Å². The van der Waals surface area contributed by atoms with Gasteiger partial charge in [-0.25, -0.2) is 0 Å². The Kier molecular flexibility index (Phi) is 3.31. The van der Waals surface area contributed by atoms with Crippen LogP contribution in [0, 0.1) is 6.92 Å². The number of rotatable bonds is 3. The Morgan fingerprint density at radius 2 is 2.38 bits per heavy atom. The maximum atomic E-state index is 10.5. The normalized spacial score (nSPS) is 12.5. The van der Waals surface area contributed by atoms with E-state index in [1.165, 1.54) is 0 Å². The minimum atomic E-state index is -0.911. The molecule has 4 heteroatoms. The van der Waals surface area contributed by atoms with Gasteiger partial charge < -0.3 is 5.11 Å². The molecule has 1 N–H and O–H groups in total. The lowest BCUT2D eigenvalue weighted by Crippen LogP contribution is -2.16. The van der Waals surface area contributed by atoms with E-state index in [2.05, 4.69) is 17.6 Å². The van der Waals surface area contributed by atoms with Gasteiger partial charge >= 0.3 is 5.97 Å². The molecule has 1 rings (SSSR count). The molecule has 1 unspecified atom stereocenters. The first kappa shape index (κ1) is 10.1. The van der Waals surface area contributed by atoms with E-state index in [9.17, 15) is 4.79 Å². The number of carboxylic acid groups (broad SMARTS) is 1. The second kappa shape index (κ2) is 4.28. The van der Waals surface area contributed by atoms with Crippen LogP contribution < -0.4 is 0 Å². The molecule has 0 saturated carbocycles. The van der Waals surface area contributed by atoms with Crippen LogP contribution in [0.15, 0.2) is 18.3 Å². The van der Waals surface area contributed by atoms with Gasteiger partial charge in [0.1, 0.15) is 5.25 Å². The molecule has 0 aromatic carbocycles. The maximum Gasteiger partial charge on any atom is 0.316 e. The number of aromatic nitrogens is 1. The molecule has 0 amide bonds. The van der Waals surface area contributed by atoms with Crippen molar-refractivity contribution in [3.8, 4) is 0 Å². The first-order valence-corrected chi connectivity index (χ1v) is 4.43. The molecule has 1 atom stereocenters. The molecule has 1 heterocycles. The summed E-state index contributed by atoms with van der Waals surface area (Å²) in [5, 5.41) is 7.92. The van der Waals surface area contributed by atoms with Crippen LogP contribution in [0.4, 0.5) is 0 Å². The summed E-state index contributed by atoms with van der Waals surface area (Å²) in [4.78, 5) is 14.6. The van der Waals surface area contributed by atoms with E-state index in [0.717, 1.165) is 11.3 Å². The SMILES string of the molecule is Cc1ccc(CC(S)C(=O)O)nc1. The summed E-state index contributed by atoms with van der Waals surface area (Å²) in [6.45, 7) is 1.94. The van der Waals surface area contributed by atoms with Crippen molar-refractivity contribution < 1.29 is 9.90 Å². The van der Waals surface area contributed by atoms with Gasteiger partial charge in [0.15, 0.2) is 0 Å². The minimum Gasteiger partial charge on any atom is -0.480 e. The van der Waals surface area contributed by atoms with Gasteiger partial charge in [-0.2, -0.15) is 12.6 Å². The van der Waals surface area contributed by atoms with Crippen molar-refractivity contribution in [3.63, 3.8) is 0 Å². The second-order valence-electron chi connectivity index (χ2n) is 2.89. The summed E-state index contributed by atoms with van der Waals surface area (Å²) in [5.74, 6) is -0.911. The predicted molar refractivity (Wildman–Crippen MR) is 53.1 cm³/mol. The van der Waals surface area contributed by atoms with Gasteiger partial charge in [-0.15, -0.1) is 0 Å². The number of thiol groups is 1. The predicted octanol–water partition coefficient (Wildman–Crippen LogP) is 1.32. The fourth-order valence-corrected chi connectivity index (χ4v) is 1.09. The van der Waals surface area contributed by atoms with Crippen molar-refractivity contribution in [2.24, 2.45) is 0 Å². The molecule has 0 radical (unpaired) electrons. The van der Waals surface area contributed by atoms with E-state index < -0.39 is 11.2 Å². The largest absolute Gasteiger partial charge is 0.480 e. The summed E-state index contributed by atoms with van der Waals surface area (Å²) in [6.07, 6.45) is 2.08. The maximum absolute atomic E-state index is 10.5. The molecule has 0 bridgehead atoms. The van der Waals surface area contributed by atoms with Crippen LogP contribution in [0.1, 0.15) is 11.3 Å². The first-order chi connectivity index (χ1) is 6.09. The standard InChI is InChI=1S/C9H11NO2S/c1-6-2-3-7(10-5-6)4-8(13)9(11)12/h2-3,5,8,13H,4H2,1H3,(H,11,12). The van der Waals surface area contributed by atoms with E-state index in [4.69, 9.17) is 5.11 Å². The average molecular weight is 197 g/mol. The first-order valence-electron chi connectivity index (χ1n) is 3.92. The zero-order chi connectivity index (χ0) is 9.84. The Labute approximate surface area is 82.2 Å². The quantitative estimate of drug-likeness (QED) is 0.718. The number of nitrogens with zero attached hydrogens (tertiary/aromatic N) is 1. The van der Waals surface area contributed by atoms with Crippen LogP contribution in [0.2, 0.25) is 0 Å². The third kappa shape index (κ3) is 3.06. The lowest BCUT2D eigenvalue weighted by atomic mass is 10.2. The molecule has 0 saturated heterocycles. The van der Waals surface area contributed by atoms with Crippen LogP contribution in [-0.2, 0) is 11.2 Å². The van der Waals surface area contributed by atoms with E-state index >= 15 is 0 Å². The highest BCUT2D eigenvalue weighted by Gasteiger charge is 2.12. The Bertz CT molecular complexity index is 297. The van der Waals surface area contributed by atoms with Crippen molar-refractivity contribution >= 4 is 18.6 Å². The number of carbonyl (C=O) groups is 1. The van der Waals surface area contributed by atoms with E-state index in [-0.39, 0.29) is 0 Å². The molecule has 1 aromatic rings. The number of hydrogen-bond donors (Lipinski definition) is 2. The van der Waals surface area contributed by atoms with Gasteiger partial charge in [0.25, 0.3) is 0 Å². The zero-order valence-corrected chi connectivity index (χ0v) is 8.16. The molecular weight excluding hydrogens is 186 g/mol. The summed E-state index contributed by atoms with van der Waals surface area (Å²) in [6, 6.07) is 3.73. The molecule has 0 spiro atoms. The molecule has 13 heavy (non-hydrogen) atoms. The highest BCUT2D eigenvalue weighted by molar-refractivity contribution is 7.81. The van der Waals surface area contributed by atoms with Gasteiger partial charge in [0, 0.05) is 18.3 Å². The smallest absolute Gasteiger partial charge is 0.316 e. The minimum absolute atomic E-state index is 0.360. The summed E-state index contributed by atoms with van der Waals surface area (Å²) < 4.78 is 0. The molecule has 1 aromatic heterocycles. The van der Waals surface area contributed by atoms with Crippen molar-refractivity contribution in [3.05, 3.63) is 29.6 Å². The fraction of sp³-hybridized carbons (Fsp3) is 0.333. The Morgan fingerprint density at radius 1 is 1.69 bits per heavy atom. The third-order valence-corrected chi connectivity index (χ3v) is 2.06. The van der Waals surface area contributed by atoms with Crippen LogP contribution in [0.3, 0.4) is 0 Å².